The van der Waals surface area contributed by atoms with E-state index in [0.29, 0.717) is 17.3 Å². The summed E-state index contributed by atoms with van der Waals surface area (Å²) in [4.78, 5) is 16.4. The molecule has 0 fully saturated rings. The minimum atomic E-state index is -0.363. The first kappa shape index (κ1) is 14.0. The molecule has 1 atom stereocenters. The SMILES string of the molecule is C[C@H](NC(=O)c1ccccc1)c1nc(-c2ccccc2)no1. The van der Waals surface area contributed by atoms with Crippen molar-refractivity contribution < 1.29 is 9.32 Å². The average Bonchev–Trinajstić information content (AvgIpc) is 3.06. The Morgan fingerprint density at radius 3 is 2.36 bits per heavy atom. The van der Waals surface area contributed by atoms with Gasteiger partial charge in [-0.3, -0.25) is 4.79 Å². The normalized spacial score (nSPS) is 11.9. The zero-order chi connectivity index (χ0) is 15.4. The molecular formula is C17H15N3O2. The molecule has 0 aliphatic carbocycles. The summed E-state index contributed by atoms with van der Waals surface area (Å²) in [5, 5.41) is 6.79. The molecule has 0 aliphatic heterocycles. The van der Waals surface area contributed by atoms with Gasteiger partial charge in [0.05, 0.1) is 0 Å². The Labute approximate surface area is 128 Å². The summed E-state index contributed by atoms with van der Waals surface area (Å²) in [6.07, 6.45) is 0. The molecule has 0 bridgehead atoms. The van der Waals surface area contributed by atoms with Crippen LogP contribution in [0.15, 0.2) is 65.2 Å². The predicted octanol–water partition coefficient (Wildman–Crippen LogP) is 3.23. The third kappa shape index (κ3) is 3.03. The van der Waals surface area contributed by atoms with Gasteiger partial charge in [0.1, 0.15) is 6.04 Å². The number of carbonyl (C=O) groups excluding carboxylic acids is 1. The van der Waals surface area contributed by atoms with Gasteiger partial charge in [-0.1, -0.05) is 53.7 Å². The van der Waals surface area contributed by atoms with Gasteiger partial charge in [0.25, 0.3) is 5.91 Å². The second-order valence-electron chi connectivity index (χ2n) is 4.88. The van der Waals surface area contributed by atoms with Crippen LogP contribution >= 0.6 is 0 Å². The largest absolute Gasteiger partial charge is 0.341 e. The van der Waals surface area contributed by atoms with Crippen LogP contribution in [-0.4, -0.2) is 16.0 Å². The molecule has 3 rings (SSSR count). The summed E-state index contributed by atoms with van der Waals surface area (Å²) >= 11 is 0. The number of nitrogens with one attached hydrogen (secondary N) is 1. The fourth-order valence-electron chi connectivity index (χ4n) is 2.05. The first-order valence-electron chi connectivity index (χ1n) is 6.99. The molecule has 0 unspecified atom stereocenters. The van der Waals surface area contributed by atoms with E-state index in [1.54, 1.807) is 12.1 Å². The molecular weight excluding hydrogens is 278 g/mol. The highest BCUT2D eigenvalue weighted by Crippen LogP contribution is 2.18. The minimum absolute atomic E-state index is 0.174. The van der Waals surface area contributed by atoms with Gasteiger partial charge < -0.3 is 9.84 Å². The minimum Gasteiger partial charge on any atom is -0.341 e. The van der Waals surface area contributed by atoms with E-state index in [1.165, 1.54) is 0 Å². The first-order valence-corrected chi connectivity index (χ1v) is 6.99. The number of rotatable bonds is 4. The van der Waals surface area contributed by atoms with Crippen LogP contribution in [0.25, 0.3) is 11.4 Å². The van der Waals surface area contributed by atoms with Crippen molar-refractivity contribution in [3.63, 3.8) is 0 Å². The van der Waals surface area contributed by atoms with Crippen molar-refractivity contribution in [1.29, 1.82) is 0 Å². The summed E-state index contributed by atoms with van der Waals surface area (Å²) in [6, 6.07) is 18.2. The van der Waals surface area contributed by atoms with E-state index in [0.717, 1.165) is 5.56 Å². The highest BCUT2D eigenvalue weighted by Gasteiger charge is 2.17. The van der Waals surface area contributed by atoms with Crippen molar-refractivity contribution in [3.8, 4) is 11.4 Å². The van der Waals surface area contributed by atoms with E-state index in [4.69, 9.17) is 4.52 Å². The maximum atomic E-state index is 12.1. The van der Waals surface area contributed by atoms with Crippen LogP contribution in [0.3, 0.4) is 0 Å². The monoisotopic (exact) mass is 293 g/mol. The lowest BCUT2D eigenvalue weighted by Gasteiger charge is -2.09. The molecule has 0 saturated carbocycles. The summed E-state index contributed by atoms with van der Waals surface area (Å²) in [7, 11) is 0. The van der Waals surface area contributed by atoms with E-state index < -0.39 is 0 Å². The molecule has 0 aliphatic rings. The molecule has 0 radical (unpaired) electrons. The summed E-state index contributed by atoms with van der Waals surface area (Å²) in [6.45, 7) is 1.81. The van der Waals surface area contributed by atoms with Crippen molar-refractivity contribution in [3.05, 3.63) is 72.1 Å². The van der Waals surface area contributed by atoms with Crippen molar-refractivity contribution >= 4 is 5.91 Å². The smallest absolute Gasteiger partial charge is 0.251 e. The van der Waals surface area contributed by atoms with Crippen molar-refractivity contribution in [2.45, 2.75) is 13.0 Å². The Morgan fingerprint density at radius 1 is 1.05 bits per heavy atom. The Balaban J connectivity index is 1.72. The third-order valence-electron chi connectivity index (χ3n) is 3.23. The highest BCUT2D eigenvalue weighted by molar-refractivity contribution is 5.94. The van der Waals surface area contributed by atoms with E-state index >= 15 is 0 Å². The van der Waals surface area contributed by atoms with Gasteiger partial charge >= 0.3 is 0 Å². The molecule has 3 aromatic rings. The van der Waals surface area contributed by atoms with Crippen LogP contribution in [-0.2, 0) is 0 Å². The molecule has 22 heavy (non-hydrogen) atoms. The van der Waals surface area contributed by atoms with Crippen molar-refractivity contribution in [2.75, 3.05) is 0 Å². The average molecular weight is 293 g/mol. The fourth-order valence-corrected chi connectivity index (χ4v) is 2.05. The van der Waals surface area contributed by atoms with Crippen LogP contribution in [0.4, 0.5) is 0 Å². The summed E-state index contributed by atoms with van der Waals surface area (Å²) in [5.41, 5.74) is 1.47. The molecule has 1 aromatic heterocycles. The zero-order valence-electron chi connectivity index (χ0n) is 12.1. The number of carbonyl (C=O) groups is 1. The van der Waals surface area contributed by atoms with Crippen LogP contribution < -0.4 is 5.32 Å². The second kappa shape index (κ2) is 6.22. The lowest BCUT2D eigenvalue weighted by Crippen LogP contribution is -2.26. The maximum Gasteiger partial charge on any atom is 0.251 e. The Hall–Kier alpha value is -2.95. The molecule has 5 heteroatoms. The summed E-state index contributed by atoms with van der Waals surface area (Å²) in [5.74, 6) is 0.715. The third-order valence-corrected chi connectivity index (χ3v) is 3.23. The second-order valence-corrected chi connectivity index (χ2v) is 4.88. The van der Waals surface area contributed by atoms with Gasteiger partial charge in [0.15, 0.2) is 0 Å². The van der Waals surface area contributed by atoms with E-state index in [9.17, 15) is 4.79 Å². The standard InChI is InChI=1S/C17H15N3O2/c1-12(18-16(21)14-10-6-3-7-11-14)17-19-15(20-22-17)13-8-4-2-5-9-13/h2-12H,1H3,(H,18,21)/t12-/m0/s1. The molecule has 5 nitrogen and oxygen atoms in total. The van der Waals surface area contributed by atoms with Gasteiger partial charge in [0.2, 0.25) is 11.7 Å². The Bertz CT molecular complexity index is 754. The van der Waals surface area contributed by atoms with Crippen LogP contribution in [0.2, 0.25) is 0 Å². The number of amides is 1. The Kier molecular flexibility index (Phi) is 3.96. The van der Waals surface area contributed by atoms with Gasteiger partial charge in [-0.2, -0.15) is 4.98 Å². The number of hydrogen-bond acceptors (Lipinski definition) is 4. The van der Waals surface area contributed by atoms with Gasteiger partial charge in [-0.15, -0.1) is 0 Å². The number of aromatic nitrogens is 2. The van der Waals surface area contributed by atoms with Gasteiger partial charge in [-0.25, -0.2) is 0 Å². The first-order chi connectivity index (χ1) is 10.7. The topological polar surface area (TPSA) is 68.0 Å². The number of benzene rings is 2. The maximum absolute atomic E-state index is 12.1. The molecule has 2 aromatic carbocycles. The van der Waals surface area contributed by atoms with Crippen molar-refractivity contribution in [1.82, 2.24) is 15.5 Å². The zero-order valence-corrected chi connectivity index (χ0v) is 12.1. The van der Waals surface area contributed by atoms with E-state index in [-0.39, 0.29) is 11.9 Å². The molecule has 1 amide bonds. The van der Waals surface area contributed by atoms with Crippen LogP contribution in [0.1, 0.15) is 29.2 Å². The molecule has 110 valence electrons. The van der Waals surface area contributed by atoms with E-state index in [1.807, 2.05) is 55.5 Å². The predicted molar refractivity (Wildman–Crippen MR) is 82.1 cm³/mol. The van der Waals surface area contributed by atoms with Crippen molar-refractivity contribution in [2.24, 2.45) is 0 Å². The molecule has 0 saturated heterocycles. The van der Waals surface area contributed by atoms with Gasteiger partial charge in [0, 0.05) is 11.1 Å². The Morgan fingerprint density at radius 2 is 1.68 bits per heavy atom. The van der Waals surface area contributed by atoms with Crippen LogP contribution in [0, 0.1) is 0 Å². The molecule has 0 spiro atoms. The number of nitrogens with zero attached hydrogens (tertiary/aromatic N) is 2. The van der Waals surface area contributed by atoms with E-state index in [2.05, 4.69) is 15.5 Å². The highest BCUT2D eigenvalue weighted by atomic mass is 16.5. The number of hydrogen-bond donors (Lipinski definition) is 1. The lowest BCUT2D eigenvalue weighted by atomic mass is 10.2. The fraction of sp³-hybridized carbons (Fsp3) is 0.118. The molecule has 1 N–H and O–H groups in total. The van der Waals surface area contributed by atoms with Gasteiger partial charge in [-0.05, 0) is 19.1 Å². The van der Waals surface area contributed by atoms with Crippen LogP contribution in [0.5, 0.6) is 0 Å². The molecule has 1 heterocycles. The summed E-state index contributed by atoms with van der Waals surface area (Å²) < 4.78 is 5.24. The quantitative estimate of drug-likeness (QED) is 0.802. The lowest BCUT2D eigenvalue weighted by molar-refractivity contribution is 0.0932.